The first-order chi connectivity index (χ1) is 11.7. The summed E-state index contributed by atoms with van der Waals surface area (Å²) in [5.74, 6) is -1.51. The SMILES string of the molecule is CC(=O)OC1(O)C(F)CC2=C3CCC4CCC=C[C@]4(C)[C@@H]3CC[C@@]21C. The second-order valence-electron chi connectivity index (χ2n) is 8.97. The maximum Gasteiger partial charge on any atom is 0.305 e. The molecule has 4 rings (SSSR count). The number of aliphatic hydroxyl groups is 1. The maximum atomic E-state index is 14.9. The van der Waals surface area contributed by atoms with Gasteiger partial charge in [0.05, 0.1) is 5.41 Å². The number of hydrogen-bond acceptors (Lipinski definition) is 3. The molecule has 25 heavy (non-hydrogen) atoms. The van der Waals surface area contributed by atoms with E-state index in [1.54, 1.807) is 0 Å². The van der Waals surface area contributed by atoms with Gasteiger partial charge in [-0.25, -0.2) is 4.39 Å². The average Bonchev–Trinajstić information content (AvgIpc) is 2.74. The van der Waals surface area contributed by atoms with Gasteiger partial charge in [-0.2, -0.15) is 0 Å². The molecule has 0 heterocycles. The lowest BCUT2D eigenvalue weighted by Gasteiger charge is -2.54. The molecule has 138 valence electrons. The predicted molar refractivity (Wildman–Crippen MR) is 93.3 cm³/mol. The predicted octanol–water partition coefficient (Wildman–Crippen LogP) is 4.46. The summed E-state index contributed by atoms with van der Waals surface area (Å²) in [5, 5.41) is 11.0. The molecule has 0 saturated heterocycles. The van der Waals surface area contributed by atoms with Crippen molar-refractivity contribution in [2.24, 2.45) is 22.7 Å². The van der Waals surface area contributed by atoms with Crippen molar-refractivity contribution in [2.75, 3.05) is 0 Å². The number of carbonyl (C=O) groups is 1. The van der Waals surface area contributed by atoms with E-state index in [2.05, 4.69) is 19.1 Å². The van der Waals surface area contributed by atoms with Crippen LogP contribution in [0, 0.1) is 22.7 Å². The number of hydrogen-bond donors (Lipinski definition) is 1. The van der Waals surface area contributed by atoms with Gasteiger partial charge in [0.25, 0.3) is 5.79 Å². The molecule has 6 atom stereocenters. The highest BCUT2D eigenvalue weighted by atomic mass is 19.1. The summed E-state index contributed by atoms with van der Waals surface area (Å²) in [6.07, 6.45) is 9.46. The quantitative estimate of drug-likeness (QED) is 0.432. The average molecular weight is 348 g/mol. The molecule has 0 spiro atoms. The molecule has 3 nitrogen and oxygen atoms in total. The monoisotopic (exact) mass is 348 g/mol. The van der Waals surface area contributed by atoms with Crippen molar-refractivity contribution < 1.29 is 19.0 Å². The van der Waals surface area contributed by atoms with E-state index in [4.69, 9.17) is 4.74 Å². The Kier molecular flexibility index (Phi) is 3.74. The van der Waals surface area contributed by atoms with Crippen LogP contribution >= 0.6 is 0 Å². The summed E-state index contributed by atoms with van der Waals surface area (Å²) in [5.41, 5.74) is 1.71. The summed E-state index contributed by atoms with van der Waals surface area (Å²) < 4.78 is 20.1. The minimum Gasteiger partial charge on any atom is -0.429 e. The standard InChI is InChI=1S/C21H29FO3/c1-13(23)25-21(24)18(22)12-17-15-8-7-14-6-4-5-10-19(14,2)16(15)9-11-20(17,21)3/h5,10,14,16,18,24H,4,6-9,11-12H2,1-3H3/t14?,16-,18?,19+,20+,21?/m1/s1. The number of allylic oxidation sites excluding steroid dienone is 3. The number of carbonyl (C=O) groups excluding carboxylic acids is 1. The first-order valence-corrected chi connectivity index (χ1v) is 9.68. The molecule has 0 aromatic rings. The fourth-order valence-corrected chi connectivity index (χ4v) is 6.41. The van der Waals surface area contributed by atoms with Gasteiger partial charge in [0.15, 0.2) is 6.17 Å². The Labute approximate surface area is 149 Å². The zero-order valence-electron chi connectivity index (χ0n) is 15.5. The van der Waals surface area contributed by atoms with Gasteiger partial charge in [0, 0.05) is 13.3 Å². The van der Waals surface area contributed by atoms with Crippen LogP contribution in [0.3, 0.4) is 0 Å². The molecular weight excluding hydrogens is 319 g/mol. The fourth-order valence-electron chi connectivity index (χ4n) is 6.41. The van der Waals surface area contributed by atoms with E-state index >= 15 is 0 Å². The molecule has 0 aliphatic heterocycles. The second-order valence-corrected chi connectivity index (χ2v) is 8.97. The van der Waals surface area contributed by atoms with E-state index in [9.17, 15) is 14.3 Å². The van der Waals surface area contributed by atoms with Crippen LogP contribution in [0.1, 0.15) is 65.7 Å². The van der Waals surface area contributed by atoms with E-state index < -0.39 is 23.3 Å². The van der Waals surface area contributed by atoms with E-state index in [1.165, 1.54) is 18.9 Å². The van der Waals surface area contributed by atoms with Crippen molar-refractivity contribution in [1.29, 1.82) is 0 Å². The third-order valence-corrected chi connectivity index (χ3v) is 7.86. The summed E-state index contributed by atoms with van der Waals surface area (Å²) in [6, 6.07) is 0. The Bertz CT molecular complexity index is 668. The van der Waals surface area contributed by atoms with Crippen molar-refractivity contribution in [3.63, 3.8) is 0 Å². The molecule has 4 aliphatic rings. The number of halogens is 1. The van der Waals surface area contributed by atoms with Gasteiger partial charge in [0.2, 0.25) is 0 Å². The molecule has 0 radical (unpaired) electrons. The highest BCUT2D eigenvalue weighted by Crippen LogP contribution is 2.65. The Morgan fingerprint density at radius 2 is 2.08 bits per heavy atom. The molecule has 4 aliphatic carbocycles. The van der Waals surface area contributed by atoms with Crippen molar-refractivity contribution in [1.82, 2.24) is 0 Å². The van der Waals surface area contributed by atoms with Gasteiger partial charge < -0.3 is 9.84 Å². The van der Waals surface area contributed by atoms with E-state index in [0.29, 0.717) is 18.3 Å². The minimum absolute atomic E-state index is 0.147. The molecule has 0 aromatic carbocycles. The Hall–Kier alpha value is -1.16. The minimum atomic E-state index is -2.02. The molecule has 0 amide bonds. The topological polar surface area (TPSA) is 46.5 Å². The molecule has 0 bridgehead atoms. The number of esters is 1. The Balaban J connectivity index is 1.79. The lowest BCUT2D eigenvalue weighted by Crippen LogP contribution is -2.54. The first kappa shape index (κ1) is 17.3. The largest absolute Gasteiger partial charge is 0.429 e. The summed E-state index contributed by atoms with van der Waals surface area (Å²) in [4.78, 5) is 11.5. The zero-order valence-corrected chi connectivity index (χ0v) is 15.5. The molecular formula is C21H29FO3. The van der Waals surface area contributed by atoms with Crippen molar-refractivity contribution in [3.05, 3.63) is 23.3 Å². The summed E-state index contributed by atoms with van der Waals surface area (Å²) >= 11 is 0. The van der Waals surface area contributed by atoms with Gasteiger partial charge in [-0.15, -0.1) is 0 Å². The Morgan fingerprint density at radius 3 is 2.80 bits per heavy atom. The first-order valence-electron chi connectivity index (χ1n) is 9.68. The van der Waals surface area contributed by atoms with Crippen LogP contribution in [-0.4, -0.2) is 23.0 Å². The Morgan fingerprint density at radius 1 is 1.32 bits per heavy atom. The molecule has 0 aromatic heterocycles. The van der Waals surface area contributed by atoms with E-state index in [0.717, 1.165) is 31.3 Å². The number of ether oxygens (including phenoxy) is 1. The van der Waals surface area contributed by atoms with Gasteiger partial charge in [0.1, 0.15) is 0 Å². The number of fused-ring (bicyclic) bond motifs is 4. The van der Waals surface area contributed by atoms with Crippen molar-refractivity contribution in [3.8, 4) is 0 Å². The summed E-state index contributed by atoms with van der Waals surface area (Å²) in [7, 11) is 0. The van der Waals surface area contributed by atoms with Crippen LogP contribution in [0.2, 0.25) is 0 Å². The van der Waals surface area contributed by atoms with Crippen molar-refractivity contribution >= 4 is 5.97 Å². The number of rotatable bonds is 1. The van der Waals surface area contributed by atoms with E-state index in [1.807, 2.05) is 6.92 Å². The third-order valence-electron chi connectivity index (χ3n) is 7.86. The second kappa shape index (κ2) is 5.42. The molecule has 1 N–H and O–H groups in total. The third kappa shape index (κ3) is 2.16. The van der Waals surface area contributed by atoms with Crippen LogP contribution in [0.4, 0.5) is 4.39 Å². The lowest BCUT2D eigenvalue weighted by atomic mass is 9.51. The van der Waals surface area contributed by atoms with Gasteiger partial charge in [-0.3, -0.25) is 4.79 Å². The van der Waals surface area contributed by atoms with Gasteiger partial charge in [-0.1, -0.05) is 30.2 Å². The van der Waals surface area contributed by atoms with Gasteiger partial charge in [-0.05, 0) is 62.7 Å². The number of alkyl halides is 1. The molecule has 4 heteroatoms. The zero-order chi connectivity index (χ0) is 18.0. The lowest BCUT2D eigenvalue weighted by molar-refractivity contribution is -0.264. The highest BCUT2D eigenvalue weighted by Gasteiger charge is 2.66. The highest BCUT2D eigenvalue weighted by molar-refractivity contribution is 5.67. The van der Waals surface area contributed by atoms with Crippen molar-refractivity contribution in [2.45, 2.75) is 77.7 Å². The maximum absolute atomic E-state index is 14.9. The van der Waals surface area contributed by atoms with Crippen LogP contribution < -0.4 is 0 Å². The molecule has 2 fully saturated rings. The van der Waals surface area contributed by atoms with Crippen LogP contribution in [0.25, 0.3) is 0 Å². The fraction of sp³-hybridized carbons (Fsp3) is 0.762. The van der Waals surface area contributed by atoms with Gasteiger partial charge >= 0.3 is 5.97 Å². The summed E-state index contributed by atoms with van der Waals surface area (Å²) in [6.45, 7) is 5.49. The smallest absolute Gasteiger partial charge is 0.305 e. The van der Waals surface area contributed by atoms with Crippen LogP contribution in [0.15, 0.2) is 23.3 Å². The van der Waals surface area contributed by atoms with E-state index in [-0.39, 0.29) is 11.8 Å². The van der Waals surface area contributed by atoms with Crippen LogP contribution in [0.5, 0.6) is 0 Å². The van der Waals surface area contributed by atoms with Crippen LogP contribution in [-0.2, 0) is 9.53 Å². The normalized spacial score (nSPS) is 48.6. The molecule has 3 unspecified atom stereocenters. The molecule has 2 saturated carbocycles.